The van der Waals surface area contributed by atoms with Crippen LogP contribution in [-0.2, 0) is 19.7 Å². The van der Waals surface area contributed by atoms with Crippen molar-refractivity contribution in [2.75, 3.05) is 40.6 Å². The maximum atomic E-state index is 12.9. The first-order valence-corrected chi connectivity index (χ1v) is 8.72. The lowest BCUT2D eigenvalue weighted by molar-refractivity contribution is -0.126. The van der Waals surface area contributed by atoms with Gasteiger partial charge in [0.25, 0.3) is 0 Å². The number of nitrogens with one attached hydrogen (secondary N) is 1. The molecule has 5 heteroatoms. The first-order chi connectivity index (χ1) is 11.7. The van der Waals surface area contributed by atoms with Gasteiger partial charge in [0.15, 0.2) is 0 Å². The van der Waals surface area contributed by atoms with E-state index in [2.05, 4.69) is 5.32 Å². The normalized spacial score (nSPS) is 16.1. The van der Waals surface area contributed by atoms with E-state index in [1.165, 1.54) is 0 Å². The van der Waals surface area contributed by atoms with Crippen LogP contribution in [0.1, 0.15) is 37.7 Å². The molecule has 0 bridgehead atoms. The Morgan fingerprint density at radius 1 is 1.08 bits per heavy atom. The molecule has 0 spiro atoms. The first-order valence-electron chi connectivity index (χ1n) is 8.72. The highest BCUT2D eigenvalue weighted by atomic mass is 16.5. The van der Waals surface area contributed by atoms with Gasteiger partial charge in [-0.05, 0) is 37.0 Å². The maximum absolute atomic E-state index is 12.9. The lowest BCUT2D eigenvalue weighted by Gasteiger charge is -2.28. The summed E-state index contributed by atoms with van der Waals surface area (Å²) in [4.78, 5) is 12.9. The minimum Gasteiger partial charge on any atom is -0.497 e. The third-order valence-electron chi connectivity index (χ3n) is 4.72. The molecular formula is C19H29NO4. The molecule has 5 nitrogen and oxygen atoms in total. The standard InChI is InChI=1S/C19H29NO4/c1-22-14-15-24-13-5-12-20-18(21)19(10-3-4-11-19)16-6-8-17(23-2)9-7-16/h6-9H,3-5,10-15H2,1-2H3,(H,20,21). The van der Waals surface area contributed by atoms with Crippen LogP contribution >= 0.6 is 0 Å². The van der Waals surface area contributed by atoms with Crippen molar-refractivity contribution < 1.29 is 19.0 Å². The molecule has 0 radical (unpaired) electrons. The van der Waals surface area contributed by atoms with E-state index in [9.17, 15) is 4.79 Å². The molecular weight excluding hydrogens is 306 g/mol. The number of methoxy groups -OCH3 is 2. The number of rotatable bonds is 10. The summed E-state index contributed by atoms with van der Waals surface area (Å²) in [5, 5.41) is 3.10. The highest BCUT2D eigenvalue weighted by Crippen LogP contribution is 2.41. The van der Waals surface area contributed by atoms with Crippen LogP contribution in [0, 0.1) is 0 Å². The van der Waals surface area contributed by atoms with Gasteiger partial charge in [-0.1, -0.05) is 25.0 Å². The van der Waals surface area contributed by atoms with Crippen LogP contribution in [0.3, 0.4) is 0 Å². The van der Waals surface area contributed by atoms with Crippen molar-refractivity contribution in [1.29, 1.82) is 0 Å². The van der Waals surface area contributed by atoms with Crippen molar-refractivity contribution in [3.8, 4) is 5.75 Å². The monoisotopic (exact) mass is 335 g/mol. The summed E-state index contributed by atoms with van der Waals surface area (Å²) in [7, 11) is 3.31. The van der Waals surface area contributed by atoms with Gasteiger partial charge in [0.05, 0.1) is 25.7 Å². The van der Waals surface area contributed by atoms with Gasteiger partial charge in [-0.25, -0.2) is 0 Å². The van der Waals surface area contributed by atoms with E-state index < -0.39 is 0 Å². The Bertz CT molecular complexity index is 495. The molecule has 1 fully saturated rings. The average molecular weight is 335 g/mol. The van der Waals surface area contributed by atoms with Gasteiger partial charge < -0.3 is 19.5 Å². The number of amides is 1. The zero-order valence-corrected chi connectivity index (χ0v) is 14.8. The SMILES string of the molecule is COCCOCCCNC(=O)C1(c2ccc(OC)cc2)CCCC1. The summed E-state index contributed by atoms with van der Waals surface area (Å²) >= 11 is 0. The lowest BCUT2D eigenvalue weighted by Crippen LogP contribution is -2.43. The van der Waals surface area contributed by atoms with E-state index in [4.69, 9.17) is 14.2 Å². The van der Waals surface area contributed by atoms with E-state index in [0.29, 0.717) is 26.4 Å². The van der Waals surface area contributed by atoms with E-state index in [0.717, 1.165) is 43.4 Å². The molecule has 1 aliphatic rings. The van der Waals surface area contributed by atoms with Crippen LogP contribution in [0.2, 0.25) is 0 Å². The molecule has 1 saturated carbocycles. The number of ether oxygens (including phenoxy) is 3. The summed E-state index contributed by atoms with van der Waals surface area (Å²) in [5.74, 6) is 0.961. The smallest absolute Gasteiger partial charge is 0.230 e. The average Bonchev–Trinajstić information content (AvgIpc) is 3.12. The van der Waals surface area contributed by atoms with Crippen molar-refractivity contribution in [2.24, 2.45) is 0 Å². The second-order valence-corrected chi connectivity index (χ2v) is 6.23. The van der Waals surface area contributed by atoms with Crippen molar-refractivity contribution in [2.45, 2.75) is 37.5 Å². The number of carbonyl (C=O) groups is 1. The summed E-state index contributed by atoms with van der Waals surface area (Å²) < 4.78 is 15.6. The van der Waals surface area contributed by atoms with Crippen LogP contribution in [0.25, 0.3) is 0 Å². The Morgan fingerprint density at radius 2 is 1.79 bits per heavy atom. The number of hydrogen-bond donors (Lipinski definition) is 1. The van der Waals surface area contributed by atoms with Gasteiger partial charge in [0.2, 0.25) is 5.91 Å². The summed E-state index contributed by atoms with van der Waals surface area (Å²) in [6, 6.07) is 7.92. The van der Waals surface area contributed by atoms with Gasteiger partial charge >= 0.3 is 0 Å². The molecule has 1 aliphatic carbocycles. The molecule has 134 valence electrons. The van der Waals surface area contributed by atoms with Crippen LogP contribution in [-0.4, -0.2) is 46.5 Å². The number of benzene rings is 1. The van der Waals surface area contributed by atoms with Crippen LogP contribution in [0.5, 0.6) is 5.75 Å². The van der Waals surface area contributed by atoms with Crippen LogP contribution < -0.4 is 10.1 Å². The fourth-order valence-electron chi connectivity index (χ4n) is 3.33. The Morgan fingerprint density at radius 3 is 2.42 bits per heavy atom. The van der Waals surface area contributed by atoms with E-state index in [1.807, 2.05) is 24.3 Å². The molecule has 0 unspecified atom stereocenters. The summed E-state index contributed by atoms with van der Waals surface area (Å²) in [5.41, 5.74) is 0.707. The van der Waals surface area contributed by atoms with Gasteiger partial charge in [-0.2, -0.15) is 0 Å². The molecule has 24 heavy (non-hydrogen) atoms. The first kappa shape index (κ1) is 18.7. The summed E-state index contributed by atoms with van der Waals surface area (Å²) in [6.07, 6.45) is 4.83. The third kappa shape index (κ3) is 4.71. The zero-order valence-electron chi connectivity index (χ0n) is 14.8. The third-order valence-corrected chi connectivity index (χ3v) is 4.72. The maximum Gasteiger partial charge on any atom is 0.230 e. The Hall–Kier alpha value is -1.59. The molecule has 0 saturated heterocycles. The fourth-order valence-corrected chi connectivity index (χ4v) is 3.33. The number of carbonyl (C=O) groups excluding carboxylic acids is 1. The highest BCUT2D eigenvalue weighted by Gasteiger charge is 2.42. The van der Waals surface area contributed by atoms with Crippen molar-refractivity contribution in [3.63, 3.8) is 0 Å². The van der Waals surface area contributed by atoms with E-state index in [1.54, 1.807) is 14.2 Å². The lowest BCUT2D eigenvalue weighted by atomic mass is 9.78. The van der Waals surface area contributed by atoms with Crippen LogP contribution in [0.4, 0.5) is 0 Å². The Kier molecular flexibility index (Phi) is 7.53. The molecule has 0 atom stereocenters. The van der Waals surface area contributed by atoms with Gasteiger partial charge in [0.1, 0.15) is 5.75 Å². The molecule has 0 aromatic heterocycles. The van der Waals surface area contributed by atoms with Gasteiger partial charge in [0, 0.05) is 20.3 Å². The second-order valence-electron chi connectivity index (χ2n) is 6.23. The highest BCUT2D eigenvalue weighted by molar-refractivity contribution is 5.88. The molecule has 0 aliphatic heterocycles. The minimum atomic E-state index is -0.386. The molecule has 1 N–H and O–H groups in total. The van der Waals surface area contributed by atoms with Gasteiger partial charge in [-0.15, -0.1) is 0 Å². The van der Waals surface area contributed by atoms with Crippen LogP contribution in [0.15, 0.2) is 24.3 Å². The fraction of sp³-hybridized carbons (Fsp3) is 0.632. The van der Waals surface area contributed by atoms with E-state index in [-0.39, 0.29) is 11.3 Å². The molecule has 1 aromatic rings. The largest absolute Gasteiger partial charge is 0.497 e. The quantitative estimate of drug-likeness (QED) is 0.668. The zero-order chi connectivity index (χ0) is 17.3. The van der Waals surface area contributed by atoms with Gasteiger partial charge in [-0.3, -0.25) is 4.79 Å². The predicted molar refractivity (Wildman–Crippen MR) is 93.5 cm³/mol. The summed E-state index contributed by atoms with van der Waals surface area (Å²) in [6.45, 7) is 2.48. The predicted octanol–water partition coefficient (Wildman–Crippen LogP) is 2.68. The molecule has 2 rings (SSSR count). The minimum absolute atomic E-state index is 0.141. The second kappa shape index (κ2) is 9.64. The Labute approximate surface area is 144 Å². The molecule has 1 amide bonds. The van der Waals surface area contributed by atoms with Crippen molar-refractivity contribution in [3.05, 3.63) is 29.8 Å². The molecule has 0 heterocycles. The molecule has 1 aromatic carbocycles. The van der Waals surface area contributed by atoms with Crippen molar-refractivity contribution >= 4 is 5.91 Å². The van der Waals surface area contributed by atoms with Crippen molar-refractivity contribution in [1.82, 2.24) is 5.32 Å². The topological polar surface area (TPSA) is 56.8 Å². The Balaban J connectivity index is 1.88. The van der Waals surface area contributed by atoms with E-state index >= 15 is 0 Å². The number of hydrogen-bond acceptors (Lipinski definition) is 4.